The van der Waals surface area contributed by atoms with E-state index in [0.29, 0.717) is 5.92 Å². The van der Waals surface area contributed by atoms with Gasteiger partial charge in [-0.25, -0.2) is 0 Å². The fourth-order valence-electron chi connectivity index (χ4n) is 2.51. The quantitative estimate of drug-likeness (QED) is 0.836. The second-order valence-corrected chi connectivity index (χ2v) is 5.12. The van der Waals surface area contributed by atoms with Crippen molar-refractivity contribution in [3.05, 3.63) is 34.0 Å². The van der Waals surface area contributed by atoms with Crippen molar-refractivity contribution in [1.82, 2.24) is 14.9 Å². The maximum absolute atomic E-state index is 5.23. The molecule has 0 bridgehead atoms. The largest absolute Gasteiger partial charge is 0.361 e. The molecule has 0 saturated heterocycles. The lowest BCUT2D eigenvalue weighted by atomic mass is 9.99. The van der Waals surface area contributed by atoms with Gasteiger partial charge >= 0.3 is 0 Å². The normalized spacial score (nSPS) is 13.0. The van der Waals surface area contributed by atoms with E-state index in [1.807, 2.05) is 13.8 Å². The minimum Gasteiger partial charge on any atom is -0.361 e. The van der Waals surface area contributed by atoms with E-state index in [1.165, 1.54) is 16.8 Å². The highest BCUT2D eigenvalue weighted by atomic mass is 16.5. The molecule has 2 aromatic heterocycles. The number of rotatable bonds is 3. The van der Waals surface area contributed by atoms with Crippen LogP contribution in [0, 0.1) is 34.6 Å². The molecule has 0 spiro atoms. The average Bonchev–Trinajstić information content (AvgIpc) is 2.75. The second-order valence-electron chi connectivity index (χ2n) is 5.12. The molecular weight excluding hydrogens is 226 g/mol. The van der Waals surface area contributed by atoms with Crippen LogP contribution in [-0.4, -0.2) is 14.9 Å². The predicted molar refractivity (Wildman–Crippen MR) is 70.8 cm³/mol. The highest BCUT2D eigenvalue weighted by Gasteiger charge is 2.18. The Bertz CT molecular complexity index is 546. The summed E-state index contributed by atoms with van der Waals surface area (Å²) in [6.45, 7) is 13.3. The minimum atomic E-state index is 0.355. The minimum absolute atomic E-state index is 0.355. The first-order chi connectivity index (χ1) is 8.41. The third kappa shape index (κ3) is 2.07. The molecule has 18 heavy (non-hydrogen) atoms. The predicted octanol–water partition coefficient (Wildman–Crippen LogP) is 3.22. The van der Waals surface area contributed by atoms with Crippen LogP contribution >= 0.6 is 0 Å². The van der Waals surface area contributed by atoms with Crippen molar-refractivity contribution in [1.29, 1.82) is 0 Å². The van der Waals surface area contributed by atoms with E-state index in [4.69, 9.17) is 4.52 Å². The van der Waals surface area contributed by atoms with Crippen molar-refractivity contribution >= 4 is 0 Å². The molecule has 0 saturated carbocycles. The molecule has 2 aromatic rings. The summed E-state index contributed by atoms with van der Waals surface area (Å²) < 4.78 is 7.32. The van der Waals surface area contributed by atoms with E-state index in [0.717, 1.165) is 23.7 Å². The van der Waals surface area contributed by atoms with E-state index in [9.17, 15) is 0 Å². The van der Waals surface area contributed by atoms with Crippen LogP contribution in [0.1, 0.15) is 46.8 Å². The number of aryl methyl sites for hydroxylation is 3. The molecule has 98 valence electrons. The summed E-state index contributed by atoms with van der Waals surface area (Å²) in [7, 11) is 0. The molecule has 0 amide bonds. The first-order valence-electron chi connectivity index (χ1n) is 6.35. The lowest BCUT2D eigenvalue weighted by Gasteiger charge is -2.12. The molecule has 2 rings (SSSR count). The van der Waals surface area contributed by atoms with Gasteiger partial charge in [-0.05, 0) is 40.2 Å². The first-order valence-corrected chi connectivity index (χ1v) is 6.35. The Morgan fingerprint density at radius 3 is 2.22 bits per heavy atom. The van der Waals surface area contributed by atoms with Crippen molar-refractivity contribution in [3.63, 3.8) is 0 Å². The summed E-state index contributed by atoms with van der Waals surface area (Å²) in [6.07, 6.45) is 0. The molecule has 4 nitrogen and oxygen atoms in total. The van der Waals surface area contributed by atoms with Gasteiger partial charge in [0.25, 0.3) is 0 Å². The highest BCUT2D eigenvalue weighted by molar-refractivity contribution is 5.26. The summed E-state index contributed by atoms with van der Waals surface area (Å²) in [5.41, 5.74) is 5.82. The standard InChI is InChI=1S/C14H21N3O/c1-8(14-11(4)16-18-13(14)6)7-17-12(5)9(2)10(3)15-17/h8H,7H2,1-6H3. The van der Waals surface area contributed by atoms with Crippen molar-refractivity contribution < 1.29 is 4.52 Å². The smallest absolute Gasteiger partial charge is 0.137 e. The molecule has 0 aliphatic heterocycles. The Balaban J connectivity index is 2.27. The van der Waals surface area contributed by atoms with Gasteiger partial charge < -0.3 is 4.52 Å². The van der Waals surface area contributed by atoms with Crippen molar-refractivity contribution in [2.45, 2.75) is 54.0 Å². The zero-order valence-electron chi connectivity index (χ0n) is 12.0. The van der Waals surface area contributed by atoms with Crippen LogP contribution in [0.25, 0.3) is 0 Å². The zero-order valence-corrected chi connectivity index (χ0v) is 12.0. The fourth-order valence-corrected chi connectivity index (χ4v) is 2.51. The summed E-state index contributed by atoms with van der Waals surface area (Å²) in [5.74, 6) is 1.27. The van der Waals surface area contributed by atoms with Gasteiger partial charge in [0.1, 0.15) is 5.76 Å². The Kier molecular flexibility index (Phi) is 3.28. The Morgan fingerprint density at radius 1 is 1.11 bits per heavy atom. The van der Waals surface area contributed by atoms with Crippen LogP contribution in [0.4, 0.5) is 0 Å². The van der Waals surface area contributed by atoms with Crippen molar-refractivity contribution in [3.8, 4) is 0 Å². The lowest BCUT2D eigenvalue weighted by Crippen LogP contribution is -2.10. The SMILES string of the molecule is Cc1nn(CC(C)c2c(C)noc2C)c(C)c1C. The van der Waals surface area contributed by atoms with Crippen LogP contribution in [0.5, 0.6) is 0 Å². The summed E-state index contributed by atoms with van der Waals surface area (Å²) >= 11 is 0. The van der Waals surface area contributed by atoms with Crippen LogP contribution in [0.3, 0.4) is 0 Å². The van der Waals surface area contributed by atoms with E-state index in [2.05, 4.69) is 42.6 Å². The Morgan fingerprint density at radius 2 is 1.78 bits per heavy atom. The molecule has 1 atom stereocenters. The molecule has 0 aliphatic rings. The molecule has 0 fully saturated rings. The molecular formula is C14H21N3O. The molecule has 0 aromatic carbocycles. The summed E-state index contributed by atoms with van der Waals surface area (Å²) in [6, 6.07) is 0. The van der Waals surface area contributed by atoms with Crippen LogP contribution < -0.4 is 0 Å². The van der Waals surface area contributed by atoms with Gasteiger partial charge in [0.15, 0.2) is 0 Å². The summed E-state index contributed by atoms with van der Waals surface area (Å²) in [4.78, 5) is 0. The topological polar surface area (TPSA) is 43.9 Å². The van der Waals surface area contributed by atoms with Gasteiger partial charge in [-0.2, -0.15) is 5.10 Å². The average molecular weight is 247 g/mol. The molecule has 0 N–H and O–H groups in total. The maximum Gasteiger partial charge on any atom is 0.137 e. The number of hydrogen-bond acceptors (Lipinski definition) is 3. The van der Waals surface area contributed by atoms with E-state index < -0.39 is 0 Å². The number of nitrogens with zero attached hydrogens (tertiary/aromatic N) is 3. The van der Waals surface area contributed by atoms with Gasteiger partial charge in [0, 0.05) is 23.7 Å². The number of hydrogen-bond donors (Lipinski definition) is 0. The lowest BCUT2D eigenvalue weighted by molar-refractivity contribution is 0.390. The van der Waals surface area contributed by atoms with Crippen LogP contribution in [0.15, 0.2) is 4.52 Å². The van der Waals surface area contributed by atoms with E-state index >= 15 is 0 Å². The van der Waals surface area contributed by atoms with Crippen LogP contribution in [-0.2, 0) is 6.54 Å². The second kappa shape index (κ2) is 4.59. The third-order valence-corrected chi connectivity index (χ3v) is 3.77. The van der Waals surface area contributed by atoms with Crippen LogP contribution in [0.2, 0.25) is 0 Å². The molecule has 2 heterocycles. The van der Waals surface area contributed by atoms with E-state index in [-0.39, 0.29) is 0 Å². The molecule has 4 heteroatoms. The van der Waals surface area contributed by atoms with Gasteiger partial charge in [0.2, 0.25) is 0 Å². The van der Waals surface area contributed by atoms with Gasteiger partial charge in [-0.3, -0.25) is 4.68 Å². The zero-order chi connectivity index (χ0) is 13.4. The van der Waals surface area contributed by atoms with Gasteiger partial charge in [-0.1, -0.05) is 12.1 Å². The van der Waals surface area contributed by atoms with Crippen molar-refractivity contribution in [2.75, 3.05) is 0 Å². The first kappa shape index (κ1) is 12.9. The third-order valence-electron chi connectivity index (χ3n) is 3.77. The van der Waals surface area contributed by atoms with Crippen molar-refractivity contribution in [2.24, 2.45) is 0 Å². The maximum atomic E-state index is 5.23. The summed E-state index contributed by atoms with van der Waals surface area (Å²) in [5, 5.41) is 8.60. The molecule has 1 unspecified atom stereocenters. The molecule has 0 aliphatic carbocycles. The highest BCUT2D eigenvalue weighted by Crippen LogP contribution is 2.25. The fraction of sp³-hybridized carbons (Fsp3) is 0.571. The van der Waals surface area contributed by atoms with E-state index in [1.54, 1.807) is 0 Å². The Hall–Kier alpha value is -1.58. The Labute approximate surface area is 108 Å². The number of aromatic nitrogens is 3. The molecule has 0 radical (unpaired) electrons. The monoisotopic (exact) mass is 247 g/mol. The van der Waals surface area contributed by atoms with Gasteiger partial charge in [-0.15, -0.1) is 0 Å². The van der Waals surface area contributed by atoms with Gasteiger partial charge in [0.05, 0.1) is 11.4 Å².